The van der Waals surface area contributed by atoms with Gasteiger partial charge in [0, 0.05) is 11.4 Å². The highest BCUT2D eigenvalue weighted by Crippen LogP contribution is 2.26. The fourth-order valence-electron chi connectivity index (χ4n) is 3.24. The van der Waals surface area contributed by atoms with E-state index in [1.165, 1.54) is 0 Å². The Balaban J connectivity index is 1.59. The number of anilines is 2. The molecule has 0 fully saturated rings. The molecule has 0 saturated carbocycles. The minimum atomic E-state index is -0.315. The Hall–Kier alpha value is -3.80. The second kappa shape index (κ2) is 10.8. The van der Waals surface area contributed by atoms with Crippen LogP contribution in [-0.2, 0) is 9.59 Å². The van der Waals surface area contributed by atoms with E-state index in [1.54, 1.807) is 49.6 Å². The van der Waals surface area contributed by atoms with E-state index in [4.69, 9.17) is 9.47 Å². The third-order valence-corrected chi connectivity index (χ3v) is 4.77. The molecule has 6 nitrogen and oxygen atoms in total. The number of rotatable bonds is 9. The molecule has 0 spiro atoms. The Morgan fingerprint density at radius 1 is 0.839 bits per heavy atom. The van der Waals surface area contributed by atoms with Crippen LogP contribution in [0.5, 0.6) is 11.5 Å². The van der Waals surface area contributed by atoms with Gasteiger partial charge in [0.15, 0.2) is 18.1 Å². The maximum atomic E-state index is 12.8. The lowest BCUT2D eigenvalue weighted by molar-refractivity contribution is -0.118. The average Bonchev–Trinajstić information content (AvgIpc) is 2.79. The standard InChI is InChI=1S/C25H26N2O4/c1-3-21(18-10-5-4-6-11-18)25(29)27-20-13-9-12-19(16-20)26-24(28)17-31-23-15-8-7-14-22(23)30-2/h4-16,21H,3,17H2,1-2H3,(H,26,28)(H,27,29). The molecule has 0 heterocycles. The zero-order valence-electron chi connectivity index (χ0n) is 17.6. The zero-order valence-corrected chi connectivity index (χ0v) is 17.6. The molecule has 2 amide bonds. The Morgan fingerprint density at radius 2 is 1.48 bits per heavy atom. The van der Waals surface area contributed by atoms with Crippen molar-refractivity contribution in [2.24, 2.45) is 0 Å². The van der Waals surface area contributed by atoms with Crippen LogP contribution in [0.25, 0.3) is 0 Å². The summed E-state index contributed by atoms with van der Waals surface area (Å²) in [5.74, 6) is 0.409. The Kier molecular flexibility index (Phi) is 7.65. The predicted octanol–water partition coefficient (Wildman–Crippen LogP) is 4.85. The van der Waals surface area contributed by atoms with E-state index in [1.807, 2.05) is 43.3 Å². The topological polar surface area (TPSA) is 76.7 Å². The number of benzene rings is 3. The Bertz CT molecular complexity index is 1020. The van der Waals surface area contributed by atoms with E-state index >= 15 is 0 Å². The smallest absolute Gasteiger partial charge is 0.262 e. The van der Waals surface area contributed by atoms with Gasteiger partial charge in [-0.05, 0) is 42.3 Å². The number of hydrogen-bond acceptors (Lipinski definition) is 4. The van der Waals surface area contributed by atoms with Gasteiger partial charge < -0.3 is 20.1 Å². The van der Waals surface area contributed by atoms with Crippen LogP contribution in [-0.4, -0.2) is 25.5 Å². The molecule has 0 bridgehead atoms. The second-order valence-electron chi connectivity index (χ2n) is 6.93. The molecule has 0 aliphatic heterocycles. The molecule has 31 heavy (non-hydrogen) atoms. The van der Waals surface area contributed by atoms with E-state index in [2.05, 4.69) is 10.6 Å². The highest BCUT2D eigenvalue weighted by molar-refractivity contribution is 5.97. The largest absolute Gasteiger partial charge is 0.493 e. The minimum Gasteiger partial charge on any atom is -0.493 e. The van der Waals surface area contributed by atoms with Crippen LogP contribution >= 0.6 is 0 Å². The van der Waals surface area contributed by atoms with Gasteiger partial charge in [-0.3, -0.25) is 9.59 Å². The zero-order chi connectivity index (χ0) is 22.1. The molecule has 1 atom stereocenters. The minimum absolute atomic E-state index is 0.0864. The molecule has 2 N–H and O–H groups in total. The van der Waals surface area contributed by atoms with Crippen molar-refractivity contribution in [2.75, 3.05) is 24.4 Å². The second-order valence-corrected chi connectivity index (χ2v) is 6.93. The van der Waals surface area contributed by atoms with Gasteiger partial charge in [-0.1, -0.05) is 55.5 Å². The van der Waals surface area contributed by atoms with Gasteiger partial charge in [0.25, 0.3) is 5.91 Å². The van der Waals surface area contributed by atoms with Crippen LogP contribution < -0.4 is 20.1 Å². The summed E-state index contributed by atoms with van der Waals surface area (Å²) in [6, 6.07) is 23.8. The molecule has 0 radical (unpaired) electrons. The Labute approximate surface area is 182 Å². The molecule has 0 aromatic heterocycles. The van der Waals surface area contributed by atoms with Crippen molar-refractivity contribution < 1.29 is 19.1 Å². The number of carbonyl (C=O) groups excluding carboxylic acids is 2. The maximum absolute atomic E-state index is 12.8. The van der Waals surface area contributed by atoms with Crippen LogP contribution in [0.15, 0.2) is 78.9 Å². The van der Waals surface area contributed by atoms with Crippen molar-refractivity contribution in [3.63, 3.8) is 0 Å². The number of carbonyl (C=O) groups is 2. The summed E-state index contributed by atoms with van der Waals surface area (Å²) in [4.78, 5) is 25.1. The van der Waals surface area contributed by atoms with Gasteiger partial charge in [-0.15, -0.1) is 0 Å². The SMILES string of the molecule is CCC(C(=O)Nc1cccc(NC(=O)COc2ccccc2OC)c1)c1ccccc1. The van der Waals surface area contributed by atoms with Crippen molar-refractivity contribution in [1.82, 2.24) is 0 Å². The van der Waals surface area contributed by atoms with Gasteiger partial charge in [0.2, 0.25) is 5.91 Å². The van der Waals surface area contributed by atoms with E-state index in [0.29, 0.717) is 29.3 Å². The van der Waals surface area contributed by atoms with E-state index in [0.717, 1.165) is 5.56 Å². The van der Waals surface area contributed by atoms with Gasteiger partial charge in [0.05, 0.1) is 13.0 Å². The monoisotopic (exact) mass is 418 g/mol. The van der Waals surface area contributed by atoms with E-state index in [-0.39, 0.29) is 24.3 Å². The third kappa shape index (κ3) is 6.09. The van der Waals surface area contributed by atoms with Crippen LogP contribution in [0, 0.1) is 0 Å². The van der Waals surface area contributed by atoms with E-state index < -0.39 is 0 Å². The normalized spacial score (nSPS) is 11.3. The van der Waals surface area contributed by atoms with Gasteiger partial charge >= 0.3 is 0 Å². The molecule has 1 unspecified atom stereocenters. The number of para-hydroxylation sites is 2. The molecule has 3 aromatic rings. The summed E-state index contributed by atoms with van der Waals surface area (Å²) in [7, 11) is 1.54. The summed E-state index contributed by atoms with van der Waals surface area (Å²) >= 11 is 0. The summed E-state index contributed by atoms with van der Waals surface area (Å²) in [5.41, 5.74) is 2.16. The number of amides is 2. The number of ether oxygens (including phenoxy) is 2. The number of methoxy groups -OCH3 is 1. The number of nitrogens with one attached hydrogen (secondary N) is 2. The summed E-state index contributed by atoms with van der Waals surface area (Å²) in [5, 5.41) is 5.72. The first kappa shape index (κ1) is 21.9. The lowest BCUT2D eigenvalue weighted by Gasteiger charge is -2.16. The highest BCUT2D eigenvalue weighted by Gasteiger charge is 2.18. The quantitative estimate of drug-likeness (QED) is 0.521. The van der Waals surface area contributed by atoms with Gasteiger partial charge in [-0.2, -0.15) is 0 Å². The molecular formula is C25H26N2O4. The van der Waals surface area contributed by atoms with Crippen molar-refractivity contribution in [3.05, 3.63) is 84.4 Å². The van der Waals surface area contributed by atoms with Crippen LogP contribution in [0.1, 0.15) is 24.8 Å². The first-order chi connectivity index (χ1) is 15.1. The Morgan fingerprint density at radius 3 is 2.16 bits per heavy atom. The van der Waals surface area contributed by atoms with Crippen LogP contribution in [0.4, 0.5) is 11.4 Å². The van der Waals surface area contributed by atoms with Crippen LogP contribution in [0.3, 0.4) is 0 Å². The predicted molar refractivity (Wildman–Crippen MR) is 122 cm³/mol. The lowest BCUT2D eigenvalue weighted by atomic mass is 9.95. The molecule has 0 aliphatic carbocycles. The van der Waals surface area contributed by atoms with Crippen molar-refractivity contribution in [3.8, 4) is 11.5 Å². The maximum Gasteiger partial charge on any atom is 0.262 e. The fourth-order valence-corrected chi connectivity index (χ4v) is 3.24. The fraction of sp³-hybridized carbons (Fsp3) is 0.200. The molecule has 0 aliphatic rings. The third-order valence-electron chi connectivity index (χ3n) is 4.77. The molecule has 3 rings (SSSR count). The van der Waals surface area contributed by atoms with Gasteiger partial charge in [-0.25, -0.2) is 0 Å². The molecule has 160 valence electrons. The summed E-state index contributed by atoms with van der Waals surface area (Å²) in [6.45, 7) is 1.82. The first-order valence-corrected chi connectivity index (χ1v) is 10.1. The highest BCUT2D eigenvalue weighted by atomic mass is 16.5. The summed E-state index contributed by atoms with van der Waals surface area (Å²) < 4.78 is 10.8. The first-order valence-electron chi connectivity index (χ1n) is 10.1. The molecule has 3 aromatic carbocycles. The van der Waals surface area contributed by atoms with Crippen LogP contribution in [0.2, 0.25) is 0 Å². The van der Waals surface area contributed by atoms with Crippen molar-refractivity contribution >= 4 is 23.2 Å². The number of hydrogen-bond donors (Lipinski definition) is 2. The van der Waals surface area contributed by atoms with Crippen molar-refractivity contribution in [1.29, 1.82) is 0 Å². The molecular weight excluding hydrogens is 392 g/mol. The average molecular weight is 418 g/mol. The lowest BCUT2D eigenvalue weighted by Crippen LogP contribution is -2.22. The van der Waals surface area contributed by atoms with E-state index in [9.17, 15) is 9.59 Å². The van der Waals surface area contributed by atoms with Gasteiger partial charge in [0.1, 0.15) is 0 Å². The summed E-state index contributed by atoms with van der Waals surface area (Å²) in [6.07, 6.45) is 0.687. The molecule has 6 heteroatoms. The molecule has 0 saturated heterocycles. The van der Waals surface area contributed by atoms with Crippen molar-refractivity contribution in [2.45, 2.75) is 19.3 Å².